The Balaban J connectivity index is 0. The monoisotopic (exact) mass is 195 g/mol. The summed E-state index contributed by atoms with van der Waals surface area (Å²) < 4.78 is 0. The molecule has 0 saturated heterocycles. The zero-order valence-corrected chi connectivity index (χ0v) is 7.68. The third-order valence-electron chi connectivity index (χ3n) is 0.927. The van der Waals surface area contributed by atoms with Gasteiger partial charge in [-0.3, -0.25) is 0 Å². The van der Waals surface area contributed by atoms with E-state index in [0.717, 1.165) is 19.3 Å². The molecule has 0 N–H and O–H groups in total. The molecule has 2 nitrogen and oxygen atoms in total. The van der Waals surface area contributed by atoms with E-state index in [-0.39, 0.29) is 17.0 Å². The lowest BCUT2D eigenvalue weighted by Crippen LogP contribution is -2.12. The lowest BCUT2D eigenvalue weighted by molar-refractivity contribution is -0.107. The van der Waals surface area contributed by atoms with Gasteiger partial charge in [0.2, 0.25) is 0 Å². The SMILES string of the molecule is Br.CN(C)CCCC=O. The number of hydrogen-bond donors (Lipinski definition) is 0. The number of unbranched alkanes of at least 4 members (excludes halogenated alkanes) is 1. The summed E-state index contributed by atoms with van der Waals surface area (Å²) in [6.45, 7) is 1.01. The van der Waals surface area contributed by atoms with Crippen LogP contribution in [0.5, 0.6) is 0 Å². The fourth-order valence-electron chi connectivity index (χ4n) is 0.491. The van der Waals surface area contributed by atoms with Crippen molar-refractivity contribution in [2.45, 2.75) is 12.8 Å². The van der Waals surface area contributed by atoms with E-state index in [0.29, 0.717) is 6.42 Å². The van der Waals surface area contributed by atoms with E-state index in [4.69, 9.17) is 0 Å². The number of rotatable bonds is 4. The van der Waals surface area contributed by atoms with Gasteiger partial charge in [-0.05, 0) is 27.1 Å². The molecule has 0 aromatic carbocycles. The van der Waals surface area contributed by atoms with Gasteiger partial charge >= 0.3 is 0 Å². The zero-order valence-electron chi connectivity index (χ0n) is 5.96. The predicted molar refractivity (Wildman–Crippen MR) is 44.2 cm³/mol. The highest BCUT2D eigenvalue weighted by Crippen LogP contribution is 1.84. The lowest BCUT2D eigenvalue weighted by Gasteiger charge is -2.05. The van der Waals surface area contributed by atoms with Gasteiger partial charge in [0, 0.05) is 6.42 Å². The number of hydrogen-bond acceptors (Lipinski definition) is 2. The Kier molecular flexibility index (Phi) is 10.7. The van der Waals surface area contributed by atoms with Gasteiger partial charge < -0.3 is 9.69 Å². The molecule has 0 bridgehead atoms. The van der Waals surface area contributed by atoms with E-state index in [1.54, 1.807) is 0 Å². The molecule has 0 fully saturated rings. The number of nitrogens with zero attached hydrogens (tertiary/aromatic N) is 1. The first-order valence-electron chi connectivity index (χ1n) is 2.85. The number of aldehydes is 1. The molecule has 0 radical (unpaired) electrons. The quantitative estimate of drug-likeness (QED) is 0.495. The topological polar surface area (TPSA) is 20.3 Å². The van der Waals surface area contributed by atoms with Crippen molar-refractivity contribution in [3.05, 3.63) is 0 Å². The standard InChI is InChI=1S/C6H13NO.BrH/c1-7(2)5-3-4-6-8;/h6H,3-5H2,1-2H3;1H. The van der Waals surface area contributed by atoms with Crippen LogP contribution in [0, 0.1) is 0 Å². The molecule has 0 unspecified atom stereocenters. The van der Waals surface area contributed by atoms with E-state index in [1.165, 1.54) is 0 Å². The van der Waals surface area contributed by atoms with Crippen molar-refractivity contribution in [2.24, 2.45) is 0 Å². The second-order valence-corrected chi connectivity index (χ2v) is 2.11. The van der Waals surface area contributed by atoms with Crippen LogP contribution in [0.4, 0.5) is 0 Å². The highest BCUT2D eigenvalue weighted by molar-refractivity contribution is 8.93. The highest BCUT2D eigenvalue weighted by atomic mass is 79.9. The van der Waals surface area contributed by atoms with Gasteiger partial charge in [0.15, 0.2) is 0 Å². The average Bonchev–Trinajstić information content (AvgIpc) is 1.66. The summed E-state index contributed by atoms with van der Waals surface area (Å²) in [6, 6.07) is 0. The molecule has 0 aliphatic heterocycles. The van der Waals surface area contributed by atoms with E-state index in [2.05, 4.69) is 4.90 Å². The molecule has 0 rings (SSSR count). The smallest absolute Gasteiger partial charge is 0.120 e. The van der Waals surface area contributed by atoms with Crippen molar-refractivity contribution in [1.29, 1.82) is 0 Å². The molecule has 0 atom stereocenters. The van der Waals surface area contributed by atoms with E-state index < -0.39 is 0 Å². The molecule has 0 aliphatic carbocycles. The van der Waals surface area contributed by atoms with E-state index in [1.807, 2.05) is 14.1 Å². The van der Waals surface area contributed by atoms with E-state index >= 15 is 0 Å². The Morgan fingerprint density at radius 3 is 2.33 bits per heavy atom. The molecule has 0 amide bonds. The van der Waals surface area contributed by atoms with Gasteiger partial charge in [-0.1, -0.05) is 0 Å². The van der Waals surface area contributed by atoms with Crippen LogP contribution in [0.3, 0.4) is 0 Å². The highest BCUT2D eigenvalue weighted by Gasteiger charge is 1.86. The molecule has 0 spiro atoms. The van der Waals surface area contributed by atoms with Crippen molar-refractivity contribution < 1.29 is 4.79 Å². The van der Waals surface area contributed by atoms with Gasteiger partial charge in [0.05, 0.1) is 0 Å². The Morgan fingerprint density at radius 2 is 2.00 bits per heavy atom. The summed E-state index contributed by atoms with van der Waals surface area (Å²) >= 11 is 0. The maximum Gasteiger partial charge on any atom is 0.120 e. The number of carbonyl (C=O) groups is 1. The molecule has 0 aromatic rings. The molecule has 0 saturated carbocycles. The first-order valence-corrected chi connectivity index (χ1v) is 2.85. The van der Waals surface area contributed by atoms with Gasteiger partial charge in [0.1, 0.15) is 6.29 Å². The zero-order chi connectivity index (χ0) is 6.41. The molecule has 0 aliphatic rings. The Hall–Kier alpha value is 0.110. The van der Waals surface area contributed by atoms with Gasteiger partial charge in [-0.15, -0.1) is 17.0 Å². The number of carbonyl (C=O) groups excluding carboxylic acids is 1. The number of halogens is 1. The van der Waals surface area contributed by atoms with Gasteiger partial charge in [0.25, 0.3) is 0 Å². The first-order chi connectivity index (χ1) is 3.77. The second-order valence-electron chi connectivity index (χ2n) is 2.11. The van der Waals surface area contributed by atoms with Crippen LogP contribution in [0.2, 0.25) is 0 Å². The Bertz CT molecular complexity index is 66.1. The van der Waals surface area contributed by atoms with Crippen LogP contribution in [-0.2, 0) is 4.79 Å². The summed E-state index contributed by atoms with van der Waals surface area (Å²) in [5.74, 6) is 0. The Morgan fingerprint density at radius 1 is 1.44 bits per heavy atom. The molecule has 3 heteroatoms. The van der Waals surface area contributed by atoms with Crippen molar-refractivity contribution >= 4 is 23.3 Å². The van der Waals surface area contributed by atoms with Crippen molar-refractivity contribution in [1.82, 2.24) is 4.90 Å². The van der Waals surface area contributed by atoms with Crippen LogP contribution >= 0.6 is 17.0 Å². The fraction of sp³-hybridized carbons (Fsp3) is 0.833. The van der Waals surface area contributed by atoms with Crippen LogP contribution in [0.15, 0.2) is 0 Å². The Labute approximate surface area is 67.0 Å². The van der Waals surface area contributed by atoms with Crippen molar-refractivity contribution in [3.8, 4) is 0 Å². The molecular formula is C6H14BrNO. The van der Waals surface area contributed by atoms with Crippen molar-refractivity contribution in [2.75, 3.05) is 20.6 Å². The van der Waals surface area contributed by atoms with Gasteiger partial charge in [-0.25, -0.2) is 0 Å². The minimum Gasteiger partial charge on any atom is -0.309 e. The summed E-state index contributed by atoms with van der Waals surface area (Å²) in [4.78, 5) is 11.8. The van der Waals surface area contributed by atoms with E-state index in [9.17, 15) is 4.79 Å². The summed E-state index contributed by atoms with van der Waals surface area (Å²) in [7, 11) is 4.01. The maximum atomic E-state index is 9.77. The summed E-state index contributed by atoms with van der Waals surface area (Å²) in [5, 5.41) is 0. The second kappa shape index (κ2) is 8.11. The molecular weight excluding hydrogens is 182 g/mol. The van der Waals surface area contributed by atoms with Gasteiger partial charge in [-0.2, -0.15) is 0 Å². The molecule has 0 aromatic heterocycles. The lowest BCUT2D eigenvalue weighted by atomic mass is 10.3. The van der Waals surface area contributed by atoms with Crippen LogP contribution in [0.1, 0.15) is 12.8 Å². The molecule has 56 valence electrons. The predicted octanol–water partition coefficient (Wildman–Crippen LogP) is 1.10. The average molecular weight is 196 g/mol. The van der Waals surface area contributed by atoms with Crippen LogP contribution < -0.4 is 0 Å². The summed E-state index contributed by atoms with van der Waals surface area (Å²) in [6.07, 6.45) is 2.64. The summed E-state index contributed by atoms with van der Waals surface area (Å²) in [5.41, 5.74) is 0. The molecule has 9 heavy (non-hydrogen) atoms. The molecule has 0 heterocycles. The maximum absolute atomic E-state index is 9.77. The normalized spacial score (nSPS) is 8.78. The van der Waals surface area contributed by atoms with Crippen molar-refractivity contribution in [3.63, 3.8) is 0 Å². The first kappa shape index (κ1) is 11.9. The third kappa shape index (κ3) is 11.6. The largest absolute Gasteiger partial charge is 0.309 e. The van der Waals surface area contributed by atoms with Crippen LogP contribution in [0.25, 0.3) is 0 Å². The van der Waals surface area contributed by atoms with Crippen LogP contribution in [-0.4, -0.2) is 31.8 Å². The minimum absolute atomic E-state index is 0. The third-order valence-corrected chi connectivity index (χ3v) is 0.927. The fourth-order valence-corrected chi connectivity index (χ4v) is 0.491. The minimum atomic E-state index is 0.